The van der Waals surface area contributed by atoms with E-state index in [0.717, 1.165) is 42.9 Å². The maximum atomic E-state index is 15.6. The number of unbranched alkanes of at least 4 members (excludes halogenated alkanes) is 3. The number of pyridine rings is 1. The van der Waals surface area contributed by atoms with Crippen molar-refractivity contribution in [1.29, 1.82) is 0 Å². The summed E-state index contributed by atoms with van der Waals surface area (Å²) in [6.07, 6.45) is 4.12. The predicted octanol–water partition coefficient (Wildman–Crippen LogP) is 4.11. The third kappa shape index (κ3) is 13.7. The number of esters is 1. The summed E-state index contributed by atoms with van der Waals surface area (Å²) in [6, 6.07) is 11.3. The zero-order chi connectivity index (χ0) is 53.0. The molecule has 4 heterocycles. The molecule has 3 aliphatic rings. The fraction of sp³-hybridized carbons (Fsp3) is 0.528. The first kappa shape index (κ1) is 56.2. The minimum Gasteiger partial charge on any atom is -0.505 e. The Morgan fingerprint density at radius 2 is 1.64 bits per heavy atom. The number of ketones is 1. The number of nitrogens with zero attached hydrogens (tertiary/aromatic N) is 5. The van der Waals surface area contributed by atoms with Crippen LogP contribution in [-0.2, 0) is 44.7 Å². The minimum atomic E-state index is -1.72. The van der Waals surface area contributed by atoms with Crippen molar-refractivity contribution in [2.24, 2.45) is 5.92 Å². The Hall–Kier alpha value is -6.15. The van der Waals surface area contributed by atoms with E-state index in [1.54, 1.807) is 49.0 Å². The number of thiol groups is 1. The molecule has 18 nitrogen and oxygen atoms in total. The SMILES string of the molecule is CC[C@@]1(C)NC(=O)[C@@H](NC(=O)c2ncccc2O)[C@@H](C)OC(=O)[C@H](c2ccccc2)NC(=O)[C@@H]2CC(=O)C(CSCCCCCCS)CN2C(=O)[C@H](Cc2ccc(N(C)C)cc2)N(C)C(=O)[C@@H]2CCCN2C1=O. The van der Waals surface area contributed by atoms with Gasteiger partial charge in [-0.1, -0.05) is 62.2 Å². The van der Waals surface area contributed by atoms with Crippen molar-refractivity contribution in [1.82, 2.24) is 35.6 Å². The average Bonchev–Trinajstić information content (AvgIpc) is 3.88. The average molecular weight is 1040 g/mol. The lowest BCUT2D eigenvalue weighted by molar-refractivity contribution is -0.157. The van der Waals surface area contributed by atoms with Crippen LogP contribution in [0.25, 0.3) is 0 Å². The van der Waals surface area contributed by atoms with E-state index in [9.17, 15) is 33.9 Å². The molecular formula is C53H70N8O10S2. The number of aromatic hydroxyl groups is 1. The summed E-state index contributed by atoms with van der Waals surface area (Å²) in [5, 5.41) is 18.6. The second-order valence-electron chi connectivity index (χ2n) is 19.5. The quantitative estimate of drug-likeness (QED) is 0.0822. The summed E-state index contributed by atoms with van der Waals surface area (Å²) in [7, 11) is 5.31. The highest BCUT2D eigenvalue weighted by Crippen LogP contribution is 2.30. The number of hydrogen-bond acceptors (Lipinski definition) is 14. The second-order valence-corrected chi connectivity index (χ2v) is 21.1. The Balaban J connectivity index is 1.45. The van der Waals surface area contributed by atoms with E-state index >= 15 is 9.59 Å². The van der Waals surface area contributed by atoms with Crippen LogP contribution in [0.1, 0.15) is 99.8 Å². The largest absolute Gasteiger partial charge is 0.505 e. The summed E-state index contributed by atoms with van der Waals surface area (Å²) in [5.74, 6) is -4.93. The number of nitrogens with one attached hydrogen (secondary N) is 3. The van der Waals surface area contributed by atoms with Crippen molar-refractivity contribution in [3.05, 3.63) is 89.7 Å². The maximum absolute atomic E-state index is 15.6. The molecule has 0 saturated carbocycles. The number of Topliss-reactive ketones (excluding diaryl/α,β-unsaturated/α-hetero) is 1. The van der Waals surface area contributed by atoms with Gasteiger partial charge < -0.3 is 45.4 Å². The van der Waals surface area contributed by atoms with Gasteiger partial charge in [-0.15, -0.1) is 0 Å². The van der Waals surface area contributed by atoms with E-state index in [2.05, 4.69) is 33.6 Å². The summed E-state index contributed by atoms with van der Waals surface area (Å²) in [5.41, 5.74) is -0.232. The van der Waals surface area contributed by atoms with Gasteiger partial charge in [0, 0.05) is 70.6 Å². The van der Waals surface area contributed by atoms with Crippen LogP contribution in [0.15, 0.2) is 72.9 Å². The highest BCUT2D eigenvalue weighted by Gasteiger charge is 2.49. The summed E-state index contributed by atoms with van der Waals surface area (Å²) < 4.78 is 5.98. The minimum absolute atomic E-state index is 0.0168. The molecular weight excluding hydrogens is 973 g/mol. The van der Waals surface area contributed by atoms with Gasteiger partial charge in [-0.05, 0) is 92.8 Å². The molecule has 3 aromatic rings. The summed E-state index contributed by atoms with van der Waals surface area (Å²) in [4.78, 5) is 128. The molecule has 20 heteroatoms. The molecule has 1 unspecified atom stereocenters. The molecule has 2 aromatic carbocycles. The Morgan fingerprint density at radius 3 is 2.32 bits per heavy atom. The molecule has 1 aromatic heterocycles. The van der Waals surface area contributed by atoms with Crippen LogP contribution >= 0.6 is 24.4 Å². The molecule has 73 heavy (non-hydrogen) atoms. The summed E-state index contributed by atoms with van der Waals surface area (Å²) in [6.45, 7) is 4.54. The topological polar surface area (TPSA) is 228 Å². The first-order chi connectivity index (χ1) is 34.9. The fourth-order valence-electron chi connectivity index (χ4n) is 9.46. The Bertz CT molecular complexity index is 2470. The number of carbonyl (C=O) groups is 8. The molecule has 0 radical (unpaired) electrons. The molecule has 0 aliphatic carbocycles. The highest BCUT2D eigenvalue weighted by atomic mass is 32.2. The first-order valence-electron chi connectivity index (χ1n) is 25.1. The van der Waals surface area contributed by atoms with Crippen molar-refractivity contribution in [3.63, 3.8) is 0 Å². The molecule has 0 spiro atoms. The molecule has 394 valence electrons. The lowest BCUT2D eigenvalue weighted by Crippen LogP contribution is -2.65. The molecule has 3 aliphatic heterocycles. The number of aromatic nitrogens is 1. The number of amides is 6. The van der Waals surface area contributed by atoms with Gasteiger partial charge in [0.1, 0.15) is 47.3 Å². The van der Waals surface area contributed by atoms with E-state index in [0.29, 0.717) is 17.7 Å². The first-order valence-corrected chi connectivity index (χ1v) is 26.9. The molecule has 6 rings (SSSR count). The smallest absolute Gasteiger partial charge is 0.333 e. The maximum Gasteiger partial charge on any atom is 0.333 e. The molecule has 4 N–H and O–H groups in total. The fourth-order valence-corrected chi connectivity index (χ4v) is 10.8. The Labute approximate surface area is 437 Å². The number of likely N-dealkylation sites (N-methyl/N-ethyl adjacent to an activating group) is 1. The zero-order valence-electron chi connectivity index (χ0n) is 42.6. The Morgan fingerprint density at radius 1 is 0.932 bits per heavy atom. The molecule has 6 amide bonds. The van der Waals surface area contributed by atoms with Gasteiger partial charge in [0.25, 0.3) is 5.91 Å². The number of cyclic esters (lactones) is 1. The van der Waals surface area contributed by atoms with Gasteiger partial charge in [0.2, 0.25) is 29.5 Å². The van der Waals surface area contributed by atoms with Crippen LogP contribution in [0.3, 0.4) is 0 Å². The van der Waals surface area contributed by atoms with Crippen LogP contribution in [-0.4, -0.2) is 159 Å². The number of ether oxygens (including phenoxy) is 1. The van der Waals surface area contributed by atoms with E-state index in [1.807, 2.05) is 43.3 Å². The predicted molar refractivity (Wildman–Crippen MR) is 281 cm³/mol. The number of anilines is 1. The normalized spacial score (nSPS) is 25.7. The number of hydrogen-bond donors (Lipinski definition) is 5. The van der Waals surface area contributed by atoms with Gasteiger partial charge in [-0.2, -0.15) is 24.4 Å². The van der Waals surface area contributed by atoms with Crippen molar-refractivity contribution in [2.75, 3.05) is 56.4 Å². The van der Waals surface area contributed by atoms with Crippen molar-refractivity contribution in [3.8, 4) is 5.75 Å². The monoisotopic (exact) mass is 1040 g/mol. The van der Waals surface area contributed by atoms with E-state index in [-0.39, 0.29) is 50.1 Å². The number of fused-ring (bicyclic) bond motifs is 2. The number of rotatable bonds is 15. The van der Waals surface area contributed by atoms with Crippen LogP contribution < -0.4 is 20.9 Å². The van der Waals surface area contributed by atoms with Gasteiger partial charge in [-0.25, -0.2) is 9.78 Å². The van der Waals surface area contributed by atoms with Crippen LogP contribution in [0.2, 0.25) is 0 Å². The molecule has 3 saturated heterocycles. The number of carbonyl (C=O) groups excluding carboxylic acids is 8. The zero-order valence-corrected chi connectivity index (χ0v) is 44.3. The third-order valence-electron chi connectivity index (χ3n) is 14.1. The van der Waals surface area contributed by atoms with Gasteiger partial charge >= 0.3 is 5.97 Å². The Kier molecular flexibility index (Phi) is 19.8. The van der Waals surface area contributed by atoms with E-state index in [1.165, 1.54) is 53.9 Å². The number of thioether (sulfide) groups is 1. The highest BCUT2D eigenvalue weighted by molar-refractivity contribution is 7.99. The summed E-state index contributed by atoms with van der Waals surface area (Å²) >= 11 is 5.92. The van der Waals surface area contributed by atoms with Crippen molar-refractivity contribution < 1.29 is 48.2 Å². The molecule has 8 atom stereocenters. The van der Waals surface area contributed by atoms with Gasteiger partial charge in [0.15, 0.2) is 11.7 Å². The van der Waals surface area contributed by atoms with E-state index < -0.39 is 101 Å². The van der Waals surface area contributed by atoms with E-state index in [4.69, 9.17) is 4.74 Å². The lowest BCUT2D eigenvalue weighted by atomic mass is 9.90. The van der Waals surface area contributed by atoms with Crippen molar-refractivity contribution in [2.45, 2.75) is 120 Å². The van der Waals surface area contributed by atoms with Crippen LogP contribution in [0, 0.1) is 5.92 Å². The lowest BCUT2D eigenvalue weighted by Gasteiger charge is -2.42. The number of benzene rings is 2. The van der Waals surface area contributed by atoms with Gasteiger partial charge in [-0.3, -0.25) is 33.6 Å². The molecule has 0 bridgehead atoms. The van der Waals surface area contributed by atoms with Crippen LogP contribution in [0.4, 0.5) is 5.69 Å². The van der Waals surface area contributed by atoms with Crippen molar-refractivity contribution >= 4 is 77.3 Å². The van der Waals surface area contributed by atoms with Gasteiger partial charge in [0.05, 0.1) is 0 Å². The van der Waals surface area contributed by atoms with Crippen LogP contribution in [0.5, 0.6) is 5.75 Å². The third-order valence-corrected chi connectivity index (χ3v) is 15.6. The number of piperidine rings is 1. The second kappa shape index (κ2) is 25.7. The standard InChI is InChI=1S/C53H70N8O10S2/c1-7-53(3)52(70)60-26-16-19-38(60)49(67)59(6)40(29-34-21-23-37(24-22-34)58(4)5)50(68)61-31-36(32-73-28-14-9-8-13-27-72)42(63)30-39(61)46(64)56-44(35-17-11-10-12-18-35)51(69)71-33(2)43(48(66)57-53)55-47(65)45-41(62)20-15-25-54-45/h10-12,15,17-18,20-25,33,36,38-40,43-44,62,72H,7-9,13-14,16,19,26-32H2,1-6H3,(H,55,65)(H,56,64)(H,57,66)/t33-,36?,38+,39+,40+,43+,44+,53-/m1/s1. The molecule has 3 fully saturated rings.